The lowest BCUT2D eigenvalue weighted by atomic mass is 10.1. The highest BCUT2D eigenvalue weighted by atomic mass is 16.2. The third kappa shape index (κ3) is 3.49. The Morgan fingerprint density at radius 3 is 2.92 bits per heavy atom. The molecule has 3 rings (SSSR count). The van der Waals surface area contributed by atoms with Crippen molar-refractivity contribution in [3.05, 3.63) is 72.4 Å². The average molecular weight is 320 g/mol. The lowest BCUT2D eigenvalue weighted by Gasteiger charge is -2.08. The lowest BCUT2D eigenvalue weighted by Crippen LogP contribution is -2.23. The van der Waals surface area contributed by atoms with Crippen LogP contribution in [0.5, 0.6) is 0 Å². The Kier molecular flexibility index (Phi) is 4.38. The van der Waals surface area contributed by atoms with E-state index in [0.717, 1.165) is 16.5 Å². The minimum absolute atomic E-state index is 0.211. The summed E-state index contributed by atoms with van der Waals surface area (Å²) in [6, 6.07) is 12.6. The van der Waals surface area contributed by atoms with Gasteiger partial charge in [0.2, 0.25) is 5.91 Å². The number of hydrogen-bond donors (Lipinski definition) is 3. The van der Waals surface area contributed by atoms with Gasteiger partial charge in [-0.15, -0.1) is 0 Å². The molecule has 0 saturated carbocycles. The van der Waals surface area contributed by atoms with Crippen molar-refractivity contribution in [2.75, 3.05) is 5.32 Å². The van der Waals surface area contributed by atoms with E-state index in [1.807, 2.05) is 18.2 Å². The van der Waals surface area contributed by atoms with E-state index in [0.29, 0.717) is 17.8 Å². The van der Waals surface area contributed by atoms with Gasteiger partial charge in [-0.25, -0.2) is 0 Å². The number of aromatic amines is 1. The van der Waals surface area contributed by atoms with Gasteiger partial charge in [-0.2, -0.15) is 5.10 Å². The number of anilines is 1. The number of rotatable bonds is 5. The molecule has 120 valence electrons. The van der Waals surface area contributed by atoms with Crippen molar-refractivity contribution in [2.24, 2.45) is 0 Å². The second-order valence-corrected chi connectivity index (χ2v) is 5.25. The third-order valence-electron chi connectivity index (χ3n) is 3.54. The molecule has 0 aliphatic rings. The van der Waals surface area contributed by atoms with Crippen molar-refractivity contribution in [2.45, 2.75) is 6.54 Å². The summed E-state index contributed by atoms with van der Waals surface area (Å²) in [4.78, 5) is 23.6. The lowest BCUT2D eigenvalue weighted by molar-refractivity contribution is -0.111. The fourth-order valence-corrected chi connectivity index (χ4v) is 2.32. The molecule has 2 amide bonds. The number of fused-ring (bicyclic) bond motifs is 1. The largest absolute Gasteiger partial charge is 0.348 e. The van der Waals surface area contributed by atoms with Crippen molar-refractivity contribution in [3.63, 3.8) is 0 Å². The van der Waals surface area contributed by atoms with Crippen LogP contribution in [0.4, 0.5) is 5.69 Å². The molecule has 6 heteroatoms. The van der Waals surface area contributed by atoms with Gasteiger partial charge in [-0.05, 0) is 42.0 Å². The minimum Gasteiger partial charge on any atom is -0.348 e. The maximum atomic E-state index is 12.3. The van der Waals surface area contributed by atoms with Crippen molar-refractivity contribution in [1.82, 2.24) is 15.5 Å². The molecule has 0 saturated heterocycles. The molecular formula is C18H16N4O2. The Bertz CT molecular complexity index is 914. The topological polar surface area (TPSA) is 86.9 Å². The fraction of sp³-hybridized carbons (Fsp3) is 0.0556. The van der Waals surface area contributed by atoms with Gasteiger partial charge in [0.25, 0.3) is 5.91 Å². The van der Waals surface area contributed by atoms with Gasteiger partial charge in [-0.3, -0.25) is 14.7 Å². The Morgan fingerprint density at radius 1 is 1.21 bits per heavy atom. The molecular weight excluding hydrogens is 304 g/mol. The highest BCUT2D eigenvalue weighted by Crippen LogP contribution is 2.14. The number of amides is 2. The average Bonchev–Trinajstić information content (AvgIpc) is 3.07. The molecule has 0 spiro atoms. The number of nitrogens with one attached hydrogen (secondary N) is 3. The zero-order valence-corrected chi connectivity index (χ0v) is 12.9. The molecule has 0 aliphatic heterocycles. The Labute approximate surface area is 138 Å². The molecule has 0 unspecified atom stereocenters. The number of benzene rings is 2. The Morgan fingerprint density at radius 2 is 2.08 bits per heavy atom. The Hall–Kier alpha value is -3.41. The van der Waals surface area contributed by atoms with Gasteiger partial charge < -0.3 is 10.6 Å². The molecule has 2 aromatic carbocycles. The molecule has 0 bridgehead atoms. The van der Waals surface area contributed by atoms with Crippen LogP contribution in [-0.4, -0.2) is 22.0 Å². The van der Waals surface area contributed by atoms with E-state index in [-0.39, 0.29) is 11.8 Å². The summed E-state index contributed by atoms with van der Waals surface area (Å²) >= 11 is 0. The summed E-state index contributed by atoms with van der Waals surface area (Å²) in [6.45, 7) is 3.80. The van der Waals surface area contributed by atoms with Crippen LogP contribution >= 0.6 is 0 Å². The van der Waals surface area contributed by atoms with Gasteiger partial charge in [0.1, 0.15) is 0 Å². The van der Waals surface area contributed by atoms with E-state index in [9.17, 15) is 9.59 Å². The van der Waals surface area contributed by atoms with Crippen LogP contribution in [0, 0.1) is 0 Å². The van der Waals surface area contributed by atoms with E-state index >= 15 is 0 Å². The van der Waals surface area contributed by atoms with E-state index in [1.165, 1.54) is 6.08 Å². The third-order valence-corrected chi connectivity index (χ3v) is 3.54. The number of H-pyrrole nitrogens is 1. The van der Waals surface area contributed by atoms with Crippen molar-refractivity contribution >= 4 is 28.4 Å². The van der Waals surface area contributed by atoms with Crippen LogP contribution in [0.3, 0.4) is 0 Å². The Balaban J connectivity index is 1.67. The molecule has 1 aromatic heterocycles. The molecule has 3 aromatic rings. The van der Waals surface area contributed by atoms with Crippen molar-refractivity contribution in [3.8, 4) is 0 Å². The van der Waals surface area contributed by atoms with E-state index in [1.54, 1.807) is 30.5 Å². The molecule has 6 nitrogen and oxygen atoms in total. The first kappa shape index (κ1) is 15.5. The van der Waals surface area contributed by atoms with Crippen LogP contribution in [0.2, 0.25) is 0 Å². The highest BCUT2D eigenvalue weighted by Gasteiger charge is 2.07. The van der Waals surface area contributed by atoms with Crippen molar-refractivity contribution in [1.29, 1.82) is 0 Å². The summed E-state index contributed by atoms with van der Waals surface area (Å²) < 4.78 is 0. The molecule has 1 heterocycles. The molecule has 3 N–H and O–H groups in total. The zero-order chi connectivity index (χ0) is 16.9. The van der Waals surface area contributed by atoms with E-state index in [2.05, 4.69) is 27.4 Å². The van der Waals surface area contributed by atoms with Gasteiger partial charge in [0.15, 0.2) is 0 Å². The van der Waals surface area contributed by atoms with Crippen LogP contribution in [0.1, 0.15) is 15.9 Å². The standard InChI is InChI=1S/C18H16N4O2/c1-2-17(23)21-15-5-3-4-13(9-15)18(24)19-10-12-6-7-16-14(8-12)11-20-22-16/h2-9,11H,1,10H2,(H,19,24)(H,20,22)(H,21,23). The highest BCUT2D eigenvalue weighted by molar-refractivity contribution is 6.00. The van der Waals surface area contributed by atoms with E-state index < -0.39 is 0 Å². The summed E-state index contributed by atoms with van der Waals surface area (Å²) in [5.74, 6) is -0.530. The van der Waals surface area contributed by atoms with Gasteiger partial charge in [0, 0.05) is 23.2 Å². The number of nitrogens with zero attached hydrogens (tertiary/aromatic N) is 1. The van der Waals surface area contributed by atoms with Crippen LogP contribution in [0.15, 0.2) is 61.3 Å². The number of carbonyl (C=O) groups is 2. The smallest absolute Gasteiger partial charge is 0.251 e. The quantitative estimate of drug-likeness (QED) is 0.632. The van der Waals surface area contributed by atoms with E-state index in [4.69, 9.17) is 0 Å². The first-order chi connectivity index (χ1) is 11.7. The molecule has 0 radical (unpaired) electrons. The van der Waals surface area contributed by atoms with Crippen LogP contribution in [0.25, 0.3) is 10.9 Å². The SMILES string of the molecule is C=CC(=O)Nc1cccc(C(=O)NCc2ccc3[nH]ncc3c2)c1. The summed E-state index contributed by atoms with van der Waals surface area (Å²) in [7, 11) is 0. The summed E-state index contributed by atoms with van der Waals surface area (Å²) in [5, 5.41) is 13.3. The van der Waals surface area contributed by atoms with Gasteiger partial charge >= 0.3 is 0 Å². The minimum atomic E-state index is -0.319. The fourth-order valence-electron chi connectivity index (χ4n) is 2.32. The number of aromatic nitrogens is 2. The predicted molar refractivity (Wildman–Crippen MR) is 92.5 cm³/mol. The number of hydrogen-bond acceptors (Lipinski definition) is 3. The second-order valence-electron chi connectivity index (χ2n) is 5.25. The molecule has 0 atom stereocenters. The molecule has 0 fully saturated rings. The predicted octanol–water partition coefficient (Wildman–Crippen LogP) is 2.62. The normalized spacial score (nSPS) is 10.3. The zero-order valence-electron chi connectivity index (χ0n) is 12.9. The molecule has 24 heavy (non-hydrogen) atoms. The number of carbonyl (C=O) groups excluding carboxylic acids is 2. The first-order valence-corrected chi connectivity index (χ1v) is 7.39. The van der Waals surface area contributed by atoms with Crippen LogP contribution in [-0.2, 0) is 11.3 Å². The maximum absolute atomic E-state index is 12.3. The monoisotopic (exact) mass is 320 g/mol. The summed E-state index contributed by atoms with van der Waals surface area (Å²) in [6.07, 6.45) is 2.92. The van der Waals surface area contributed by atoms with Gasteiger partial charge in [0.05, 0.1) is 11.7 Å². The van der Waals surface area contributed by atoms with Crippen LogP contribution < -0.4 is 10.6 Å². The van der Waals surface area contributed by atoms with Gasteiger partial charge in [-0.1, -0.05) is 18.7 Å². The molecule has 0 aliphatic carbocycles. The first-order valence-electron chi connectivity index (χ1n) is 7.39. The second kappa shape index (κ2) is 6.78. The van der Waals surface area contributed by atoms with Crippen molar-refractivity contribution < 1.29 is 9.59 Å². The maximum Gasteiger partial charge on any atom is 0.251 e. The summed E-state index contributed by atoms with van der Waals surface area (Å²) in [5.41, 5.74) is 2.96.